The number of hydrogen-bond acceptors (Lipinski definition) is 5. The summed E-state index contributed by atoms with van der Waals surface area (Å²) in [5.74, 6) is 1.25. The molecule has 0 spiro atoms. The molecular weight excluding hydrogens is 466 g/mol. The zero-order valence-corrected chi connectivity index (χ0v) is 21.4. The molecular formula is C30H33N3O4. The summed E-state index contributed by atoms with van der Waals surface area (Å²) >= 11 is 0. The summed E-state index contributed by atoms with van der Waals surface area (Å²) in [6, 6.07) is 25.1. The molecule has 3 aromatic carbocycles. The summed E-state index contributed by atoms with van der Waals surface area (Å²) in [6.45, 7) is 2.90. The van der Waals surface area contributed by atoms with Crippen molar-refractivity contribution in [2.24, 2.45) is 5.92 Å². The number of piperidine rings is 1. The van der Waals surface area contributed by atoms with Crippen molar-refractivity contribution in [3.63, 3.8) is 0 Å². The smallest absolute Gasteiger partial charge is 0.228 e. The van der Waals surface area contributed by atoms with Crippen LogP contribution in [0.4, 0.5) is 11.4 Å². The molecule has 7 heteroatoms. The Bertz CT molecular complexity index is 1210. The SMILES string of the molecule is COc1ccc([C@@H]2[C@@H](C(=O)N3CCN(c4ccccc4)CC3)CCC(=O)N2c2ccc(OC)cc2)cc1. The van der Waals surface area contributed by atoms with Crippen molar-refractivity contribution >= 4 is 23.2 Å². The van der Waals surface area contributed by atoms with Gasteiger partial charge < -0.3 is 24.2 Å². The van der Waals surface area contributed by atoms with E-state index in [0.717, 1.165) is 35.8 Å². The largest absolute Gasteiger partial charge is 0.497 e. The number of nitrogens with zero attached hydrogens (tertiary/aromatic N) is 3. The summed E-state index contributed by atoms with van der Waals surface area (Å²) in [7, 11) is 3.25. The zero-order valence-electron chi connectivity index (χ0n) is 21.4. The molecule has 2 fully saturated rings. The highest BCUT2D eigenvalue weighted by Gasteiger charge is 2.43. The van der Waals surface area contributed by atoms with E-state index in [4.69, 9.17) is 9.47 Å². The second kappa shape index (κ2) is 10.9. The molecule has 2 atom stereocenters. The maximum atomic E-state index is 14.0. The van der Waals surface area contributed by atoms with Crippen LogP contribution in [0.2, 0.25) is 0 Å². The van der Waals surface area contributed by atoms with Gasteiger partial charge in [-0.15, -0.1) is 0 Å². The number of piperazine rings is 1. The van der Waals surface area contributed by atoms with Crippen LogP contribution in [0, 0.1) is 5.92 Å². The van der Waals surface area contributed by atoms with Crippen LogP contribution in [0.25, 0.3) is 0 Å². The van der Waals surface area contributed by atoms with Gasteiger partial charge in [-0.2, -0.15) is 0 Å². The van der Waals surface area contributed by atoms with Crippen LogP contribution < -0.4 is 19.3 Å². The van der Waals surface area contributed by atoms with E-state index < -0.39 is 6.04 Å². The van der Waals surface area contributed by atoms with Gasteiger partial charge in [-0.25, -0.2) is 0 Å². The van der Waals surface area contributed by atoms with Gasteiger partial charge in [-0.05, 0) is 60.5 Å². The highest BCUT2D eigenvalue weighted by Crippen LogP contribution is 2.41. The molecule has 2 aliphatic heterocycles. The van der Waals surface area contributed by atoms with E-state index >= 15 is 0 Å². The number of carbonyl (C=O) groups is 2. The highest BCUT2D eigenvalue weighted by atomic mass is 16.5. The Labute approximate surface area is 218 Å². The lowest BCUT2D eigenvalue weighted by molar-refractivity contribution is -0.138. The van der Waals surface area contributed by atoms with Crippen LogP contribution in [0.5, 0.6) is 11.5 Å². The Hall–Kier alpha value is -4.00. The van der Waals surface area contributed by atoms with Gasteiger partial charge in [0.2, 0.25) is 11.8 Å². The van der Waals surface area contributed by atoms with Crippen molar-refractivity contribution < 1.29 is 19.1 Å². The molecule has 0 N–H and O–H groups in total. The van der Waals surface area contributed by atoms with E-state index in [2.05, 4.69) is 17.0 Å². The summed E-state index contributed by atoms with van der Waals surface area (Å²) in [5.41, 5.74) is 2.86. The zero-order chi connectivity index (χ0) is 25.8. The monoisotopic (exact) mass is 499 g/mol. The van der Waals surface area contributed by atoms with Gasteiger partial charge in [0.15, 0.2) is 0 Å². The Morgan fingerprint density at radius 1 is 0.757 bits per heavy atom. The lowest BCUT2D eigenvalue weighted by atomic mass is 9.82. The molecule has 0 saturated carbocycles. The lowest BCUT2D eigenvalue weighted by Gasteiger charge is -2.44. The Kier molecular flexibility index (Phi) is 7.30. The molecule has 192 valence electrons. The standard InChI is InChI=1S/C30H33N3O4/c1-36-25-12-8-22(9-13-25)29-27(16-17-28(34)33(29)24-10-14-26(37-2)15-11-24)30(35)32-20-18-31(19-21-32)23-6-4-3-5-7-23/h3-15,27,29H,16-21H2,1-2H3/t27-,29+/m0/s1. The van der Waals surface area contributed by atoms with Crippen LogP contribution in [0.15, 0.2) is 78.9 Å². The average Bonchev–Trinajstić information content (AvgIpc) is 2.97. The molecule has 7 nitrogen and oxygen atoms in total. The van der Waals surface area contributed by atoms with Crippen LogP contribution in [-0.4, -0.2) is 57.1 Å². The summed E-state index contributed by atoms with van der Waals surface area (Å²) in [5, 5.41) is 0. The Morgan fingerprint density at radius 2 is 1.35 bits per heavy atom. The molecule has 0 unspecified atom stereocenters. The van der Waals surface area contributed by atoms with Gasteiger partial charge in [-0.3, -0.25) is 9.59 Å². The molecule has 37 heavy (non-hydrogen) atoms. The average molecular weight is 500 g/mol. The predicted molar refractivity (Wildman–Crippen MR) is 144 cm³/mol. The van der Waals surface area contributed by atoms with Gasteiger partial charge in [-0.1, -0.05) is 30.3 Å². The summed E-state index contributed by atoms with van der Waals surface area (Å²) < 4.78 is 10.7. The third kappa shape index (κ3) is 5.12. The van der Waals surface area contributed by atoms with Crippen LogP contribution in [-0.2, 0) is 9.59 Å². The molecule has 0 bridgehead atoms. The van der Waals surface area contributed by atoms with Gasteiger partial charge >= 0.3 is 0 Å². The number of anilines is 2. The number of amides is 2. The maximum absolute atomic E-state index is 14.0. The second-order valence-electron chi connectivity index (χ2n) is 9.47. The number of methoxy groups -OCH3 is 2. The van der Waals surface area contributed by atoms with E-state index in [9.17, 15) is 9.59 Å². The number of ether oxygens (including phenoxy) is 2. The van der Waals surface area contributed by atoms with Gasteiger partial charge in [0, 0.05) is 44.0 Å². The Morgan fingerprint density at radius 3 is 1.95 bits per heavy atom. The minimum atomic E-state index is -0.403. The van der Waals surface area contributed by atoms with Gasteiger partial charge in [0.1, 0.15) is 11.5 Å². The third-order valence-corrected chi connectivity index (χ3v) is 7.43. The molecule has 0 aliphatic carbocycles. The van der Waals surface area contributed by atoms with Gasteiger partial charge in [0.05, 0.1) is 26.2 Å². The Balaban J connectivity index is 1.43. The van der Waals surface area contributed by atoms with Crippen molar-refractivity contribution in [2.45, 2.75) is 18.9 Å². The minimum Gasteiger partial charge on any atom is -0.497 e. The number of hydrogen-bond donors (Lipinski definition) is 0. The quantitative estimate of drug-likeness (QED) is 0.499. The molecule has 2 saturated heterocycles. The maximum Gasteiger partial charge on any atom is 0.228 e. The first kappa shape index (κ1) is 24.7. The molecule has 5 rings (SSSR count). The van der Waals surface area contributed by atoms with Crippen molar-refractivity contribution in [2.75, 3.05) is 50.2 Å². The normalized spacial score (nSPS) is 20.1. The second-order valence-corrected chi connectivity index (χ2v) is 9.47. The molecule has 3 aromatic rings. The third-order valence-electron chi connectivity index (χ3n) is 7.43. The van der Waals surface area contributed by atoms with Crippen molar-refractivity contribution in [1.29, 1.82) is 0 Å². The molecule has 2 amide bonds. The fraction of sp³-hybridized carbons (Fsp3) is 0.333. The van der Waals surface area contributed by atoms with E-state index in [0.29, 0.717) is 25.9 Å². The van der Waals surface area contributed by atoms with Crippen molar-refractivity contribution in [3.05, 3.63) is 84.4 Å². The molecule has 2 aliphatic rings. The van der Waals surface area contributed by atoms with Crippen molar-refractivity contribution in [1.82, 2.24) is 4.90 Å². The number of carbonyl (C=O) groups excluding carboxylic acids is 2. The predicted octanol–water partition coefficient (Wildman–Crippen LogP) is 4.54. The van der Waals surface area contributed by atoms with Crippen LogP contribution in [0.1, 0.15) is 24.4 Å². The first-order chi connectivity index (χ1) is 18.1. The van der Waals surface area contributed by atoms with E-state index in [1.54, 1.807) is 19.1 Å². The van der Waals surface area contributed by atoms with Crippen LogP contribution in [0.3, 0.4) is 0 Å². The fourth-order valence-corrected chi connectivity index (χ4v) is 5.44. The van der Waals surface area contributed by atoms with Crippen LogP contribution >= 0.6 is 0 Å². The fourth-order valence-electron chi connectivity index (χ4n) is 5.44. The summed E-state index contributed by atoms with van der Waals surface area (Å²) in [4.78, 5) is 33.4. The first-order valence-electron chi connectivity index (χ1n) is 12.8. The number of benzene rings is 3. The topological polar surface area (TPSA) is 62.3 Å². The number of rotatable bonds is 6. The van der Waals surface area contributed by atoms with E-state index in [1.807, 2.05) is 71.6 Å². The van der Waals surface area contributed by atoms with Crippen molar-refractivity contribution in [3.8, 4) is 11.5 Å². The molecule has 2 heterocycles. The number of para-hydroxylation sites is 1. The van der Waals surface area contributed by atoms with Gasteiger partial charge in [0.25, 0.3) is 0 Å². The first-order valence-corrected chi connectivity index (χ1v) is 12.8. The summed E-state index contributed by atoms with van der Waals surface area (Å²) in [6.07, 6.45) is 0.860. The lowest BCUT2D eigenvalue weighted by Crippen LogP contribution is -2.54. The minimum absolute atomic E-state index is 0.0175. The van der Waals surface area contributed by atoms with E-state index in [-0.39, 0.29) is 17.7 Å². The highest BCUT2D eigenvalue weighted by molar-refractivity contribution is 5.97. The molecule has 0 radical (unpaired) electrons. The molecule has 0 aromatic heterocycles. The van der Waals surface area contributed by atoms with E-state index in [1.165, 1.54) is 5.69 Å².